The molecule has 1 aliphatic rings. The molecule has 0 aromatic carbocycles. The standard InChI is InChI=1S/C14H29N3O2S.HI/c1-7-15-12(16-9-8-10-20(6,18)19)17-11-13(2,3)14(17,4)5;/h7-11H2,1-6H3,(H,15,16);1H. The Labute approximate surface area is 146 Å². The molecular weight excluding hydrogens is 401 g/mol. The van der Waals surface area contributed by atoms with Gasteiger partial charge < -0.3 is 10.2 Å². The maximum atomic E-state index is 11.1. The minimum absolute atomic E-state index is 0. The molecule has 0 bridgehead atoms. The normalized spacial score (nSPS) is 20.5. The number of likely N-dealkylation sites (tertiary alicyclic amines) is 1. The first kappa shape index (κ1) is 20.9. The van der Waals surface area contributed by atoms with Crippen molar-refractivity contribution in [1.29, 1.82) is 0 Å². The summed E-state index contributed by atoms with van der Waals surface area (Å²) in [6.45, 7) is 13.3. The maximum Gasteiger partial charge on any atom is 0.194 e. The Kier molecular flexibility index (Phi) is 7.46. The van der Waals surface area contributed by atoms with Crippen molar-refractivity contribution in [3.63, 3.8) is 0 Å². The monoisotopic (exact) mass is 431 g/mol. The van der Waals surface area contributed by atoms with Gasteiger partial charge >= 0.3 is 0 Å². The van der Waals surface area contributed by atoms with Gasteiger partial charge in [-0.05, 0) is 27.2 Å². The van der Waals surface area contributed by atoms with Crippen LogP contribution in [0.15, 0.2) is 4.99 Å². The molecule has 7 heteroatoms. The maximum absolute atomic E-state index is 11.1. The lowest BCUT2D eigenvalue weighted by molar-refractivity contribution is -0.0667. The van der Waals surface area contributed by atoms with Crippen molar-refractivity contribution in [1.82, 2.24) is 10.2 Å². The summed E-state index contributed by atoms with van der Waals surface area (Å²) in [7, 11) is -2.89. The van der Waals surface area contributed by atoms with Crippen molar-refractivity contribution in [3.8, 4) is 0 Å². The van der Waals surface area contributed by atoms with Gasteiger partial charge in [0, 0.05) is 36.8 Å². The van der Waals surface area contributed by atoms with Crippen LogP contribution in [0.3, 0.4) is 0 Å². The number of rotatable bonds is 5. The second-order valence-electron chi connectivity index (χ2n) is 6.75. The summed E-state index contributed by atoms with van der Waals surface area (Å²) in [6.07, 6.45) is 1.84. The van der Waals surface area contributed by atoms with E-state index in [-0.39, 0.29) is 40.7 Å². The van der Waals surface area contributed by atoms with Crippen LogP contribution in [0, 0.1) is 5.41 Å². The van der Waals surface area contributed by atoms with Crippen LogP contribution in [0.25, 0.3) is 0 Å². The highest BCUT2D eigenvalue weighted by molar-refractivity contribution is 14.0. The van der Waals surface area contributed by atoms with Gasteiger partial charge in [0.15, 0.2) is 5.96 Å². The van der Waals surface area contributed by atoms with Gasteiger partial charge in [-0.2, -0.15) is 0 Å². The summed E-state index contributed by atoms with van der Waals surface area (Å²) in [6, 6.07) is 0. The van der Waals surface area contributed by atoms with Crippen LogP contribution < -0.4 is 5.32 Å². The van der Waals surface area contributed by atoms with E-state index in [1.54, 1.807) is 0 Å². The molecule has 1 N–H and O–H groups in total. The Morgan fingerprint density at radius 2 is 1.86 bits per heavy atom. The summed E-state index contributed by atoms with van der Waals surface area (Å²) in [4.78, 5) is 6.84. The molecular formula is C14H30IN3O2S. The lowest BCUT2D eigenvalue weighted by atomic mass is 9.65. The van der Waals surface area contributed by atoms with E-state index in [1.807, 2.05) is 6.92 Å². The molecule has 0 radical (unpaired) electrons. The molecule has 5 nitrogen and oxygen atoms in total. The average molecular weight is 431 g/mol. The van der Waals surface area contributed by atoms with Crippen molar-refractivity contribution in [2.24, 2.45) is 10.4 Å². The van der Waals surface area contributed by atoms with Gasteiger partial charge in [-0.25, -0.2) is 8.42 Å². The van der Waals surface area contributed by atoms with Crippen LogP contribution in [0.4, 0.5) is 0 Å². The van der Waals surface area contributed by atoms with E-state index >= 15 is 0 Å². The first-order chi connectivity index (χ1) is 9.01. The van der Waals surface area contributed by atoms with Crippen LogP contribution in [0.5, 0.6) is 0 Å². The number of nitrogens with zero attached hydrogens (tertiary/aromatic N) is 2. The minimum Gasteiger partial charge on any atom is -0.356 e. The van der Waals surface area contributed by atoms with E-state index < -0.39 is 9.84 Å². The third-order valence-corrected chi connectivity index (χ3v) is 5.44. The third-order valence-electron chi connectivity index (χ3n) is 4.41. The molecule has 1 saturated heterocycles. The van der Waals surface area contributed by atoms with Gasteiger partial charge in [0.1, 0.15) is 9.84 Å². The van der Waals surface area contributed by atoms with Crippen molar-refractivity contribution in [3.05, 3.63) is 0 Å². The second-order valence-corrected chi connectivity index (χ2v) is 9.01. The Hall–Kier alpha value is -0.0500. The smallest absolute Gasteiger partial charge is 0.194 e. The number of sulfone groups is 1. The number of aliphatic imine (C=N–C) groups is 1. The van der Waals surface area contributed by atoms with E-state index in [0.717, 1.165) is 19.0 Å². The van der Waals surface area contributed by atoms with Crippen LogP contribution >= 0.6 is 24.0 Å². The van der Waals surface area contributed by atoms with Crippen LogP contribution in [-0.4, -0.2) is 56.5 Å². The lowest BCUT2D eigenvalue weighted by Gasteiger charge is -2.62. The van der Waals surface area contributed by atoms with Gasteiger partial charge in [0.05, 0.1) is 5.75 Å². The average Bonchev–Trinajstić information content (AvgIpc) is 2.29. The molecule has 1 fully saturated rings. The van der Waals surface area contributed by atoms with Gasteiger partial charge in [0.2, 0.25) is 0 Å². The number of halogens is 1. The summed E-state index contributed by atoms with van der Waals surface area (Å²) in [5, 5.41) is 3.30. The molecule has 126 valence electrons. The number of guanidine groups is 1. The van der Waals surface area contributed by atoms with Gasteiger partial charge in [-0.1, -0.05) is 13.8 Å². The van der Waals surface area contributed by atoms with E-state index in [2.05, 4.69) is 42.9 Å². The Morgan fingerprint density at radius 1 is 1.29 bits per heavy atom. The topological polar surface area (TPSA) is 61.8 Å². The zero-order chi connectivity index (χ0) is 15.6. The quantitative estimate of drug-likeness (QED) is 0.314. The first-order valence-electron chi connectivity index (χ1n) is 7.25. The van der Waals surface area contributed by atoms with Gasteiger partial charge in [0.25, 0.3) is 0 Å². The summed E-state index contributed by atoms with van der Waals surface area (Å²) < 4.78 is 22.2. The molecule has 1 aliphatic heterocycles. The number of nitrogens with one attached hydrogen (secondary N) is 1. The summed E-state index contributed by atoms with van der Waals surface area (Å²) >= 11 is 0. The van der Waals surface area contributed by atoms with Gasteiger partial charge in [-0.15, -0.1) is 24.0 Å². The van der Waals surface area contributed by atoms with Crippen molar-refractivity contribution in [2.45, 2.75) is 46.6 Å². The highest BCUT2D eigenvalue weighted by Gasteiger charge is 2.53. The fraction of sp³-hybridized carbons (Fsp3) is 0.929. The Bertz CT molecular complexity index is 473. The van der Waals surface area contributed by atoms with Crippen molar-refractivity contribution < 1.29 is 8.42 Å². The molecule has 0 amide bonds. The molecule has 1 rings (SSSR count). The molecule has 0 atom stereocenters. The largest absolute Gasteiger partial charge is 0.356 e. The zero-order valence-electron chi connectivity index (χ0n) is 14.1. The minimum atomic E-state index is -2.89. The Morgan fingerprint density at radius 3 is 2.24 bits per heavy atom. The lowest BCUT2D eigenvalue weighted by Crippen LogP contribution is -2.72. The zero-order valence-corrected chi connectivity index (χ0v) is 17.2. The molecule has 0 aromatic heterocycles. The second kappa shape index (κ2) is 7.48. The molecule has 0 spiro atoms. The van der Waals surface area contributed by atoms with Gasteiger partial charge in [-0.3, -0.25) is 4.99 Å². The first-order valence-corrected chi connectivity index (χ1v) is 9.31. The number of hydrogen-bond donors (Lipinski definition) is 1. The molecule has 1 heterocycles. The Balaban J connectivity index is 0.00000400. The van der Waals surface area contributed by atoms with Crippen LogP contribution in [-0.2, 0) is 9.84 Å². The highest BCUT2D eigenvalue weighted by atomic mass is 127. The van der Waals surface area contributed by atoms with Crippen molar-refractivity contribution >= 4 is 39.8 Å². The molecule has 0 unspecified atom stereocenters. The fourth-order valence-corrected chi connectivity index (χ4v) is 2.96. The van der Waals surface area contributed by atoms with E-state index in [1.165, 1.54) is 6.26 Å². The molecule has 0 aliphatic carbocycles. The molecule has 0 saturated carbocycles. The predicted molar refractivity (Wildman–Crippen MR) is 100 cm³/mol. The van der Waals surface area contributed by atoms with E-state index in [0.29, 0.717) is 13.0 Å². The van der Waals surface area contributed by atoms with Crippen LogP contribution in [0.2, 0.25) is 0 Å². The van der Waals surface area contributed by atoms with Crippen molar-refractivity contribution in [2.75, 3.05) is 31.6 Å². The fourth-order valence-electron chi connectivity index (χ4n) is 2.31. The third kappa shape index (κ3) is 5.26. The summed E-state index contributed by atoms with van der Waals surface area (Å²) in [5.74, 6) is 1.09. The number of hydrogen-bond acceptors (Lipinski definition) is 3. The SMILES string of the molecule is CCNC(=NCCCS(C)(=O)=O)N1CC(C)(C)C1(C)C.I. The van der Waals surface area contributed by atoms with Crippen LogP contribution in [0.1, 0.15) is 41.0 Å². The predicted octanol–water partition coefficient (Wildman–Crippen LogP) is 2.13. The van der Waals surface area contributed by atoms with E-state index in [9.17, 15) is 8.42 Å². The van der Waals surface area contributed by atoms with E-state index in [4.69, 9.17) is 0 Å². The highest BCUT2D eigenvalue weighted by Crippen LogP contribution is 2.46. The molecule has 0 aromatic rings. The molecule has 21 heavy (non-hydrogen) atoms. The summed E-state index contributed by atoms with van der Waals surface area (Å²) in [5.41, 5.74) is 0.320.